The lowest BCUT2D eigenvalue weighted by molar-refractivity contribution is 0.447. The number of aliphatic hydroxyl groups excluding tert-OH is 1. The monoisotopic (exact) mass is 182 g/mol. The van der Waals surface area contributed by atoms with E-state index in [9.17, 15) is 5.11 Å². The van der Waals surface area contributed by atoms with E-state index in [1.54, 1.807) is 0 Å². The molecule has 3 rings (SSSR count). The van der Waals surface area contributed by atoms with Crippen LogP contribution in [0.3, 0.4) is 0 Å². The van der Waals surface area contributed by atoms with Gasteiger partial charge in [-0.15, -0.1) is 0 Å². The molecular formula is C13H10O. The van der Waals surface area contributed by atoms with E-state index in [2.05, 4.69) is 12.2 Å². The lowest BCUT2D eigenvalue weighted by atomic mass is 10.1. The smallest absolute Gasteiger partial charge is 0.128 e. The second-order valence-corrected chi connectivity index (χ2v) is 3.61. The summed E-state index contributed by atoms with van der Waals surface area (Å²) in [4.78, 5) is 0. The van der Waals surface area contributed by atoms with E-state index >= 15 is 0 Å². The summed E-state index contributed by atoms with van der Waals surface area (Å²) in [6, 6.07) is 0. The molecular weight excluding hydrogens is 172 g/mol. The van der Waals surface area contributed by atoms with E-state index in [-0.39, 0.29) is 0 Å². The second-order valence-electron chi connectivity index (χ2n) is 3.61. The largest absolute Gasteiger partial charge is 0.507 e. The summed E-state index contributed by atoms with van der Waals surface area (Å²) in [5, 5.41) is 9.69. The second kappa shape index (κ2) is 2.61. The number of aliphatic hydroxyl groups is 1. The van der Waals surface area contributed by atoms with Crippen LogP contribution in [-0.2, 0) is 0 Å². The fourth-order valence-electron chi connectivity index (χ4n) is 1.97. The Morgan fingerprint density at radius 3 is 2.21 bits per heavy atom. The Balaban J connectivity index is 1.94. The van der Waals surface area contributed by atoms with Crippen LogP contribution in [0.15, 0.2) is 71.1 Å². The van der Waals surface area contributed by atoms with Gasteiger partial charge < -0.3 is 5.11 Å². The van der Waals surface area contributed by atoms with Gasteiger partial charge in [0.2, 0.25) is 0 Å². The third-order valence-corrected chi connectivity index (χ3v) is 2.73. The van der Waals surface area contributed by atoms with Gasteiger partial charge in [-0.25, -0.2) is 0 Å². The molecule has 3 aliphatic carbocycles. The summed E-state index contributed by atoms with van der Waals surface area (Å²) >= 11 is 0. The molecule has 0 unspecified atom stereocenters. The molecule has 0 spiro atoms. The van der Waals surface area contributed by atoms with E-state index < -0.39 is 0 Å². The zero-order chi connectivity index (χ0) is 9.54. The van der Waals surface area contributed by atoms with Gasteiger partial charge in [-0.1, -0.05) is 48.6 Å². The van der Waals surface area contributed by atoms with Crippen molar-refractivity contribution in [1.82, 2.24) is 0 Å². The highest BCUT2D eigenvalue weighted by Gasteiger charge is 2.36. The minimum absolute atomic E-state index is 0.292. The van der Waals surface area contributed by atoms with Gasteiger partial charge in [-0.05, 0) is 5.57 Å². The first-order valence-electron chi connectivity index (χ1n) is 4.76. The van der Waals surface area contributed by atoms with Crippen LogP contribution in [0.5, 0.6) is 0 Å². The SMILES string of the molecule is OC1=C(C2C=CC=C2)C1=C1C=CC=C1. The van der Waals surface area contributed by atoms with Crippen molar-refractivity contribution in [1.29, 1.82) is 0 Å². The van der Waals surface area contributed by atoms with Gasteiger partial charge in [0, 0.05) is 17.1 Å². The van der Waals surface area contributed by atoms with Crippen LogP contribution in [0.2, 0.25) is 0 Å². The van der Waals surface area contributed by atoms with E-state index in [0.717, 1.165) is 16.7 Å². The van der Waals surface area contributed by atoms with Crippen LogP contribution in [-0.4, -0.2) is 5.11 Å². The van der Waals surface area contributed by atoms with Crippen molar-refractivity contribution in [2.24, 2.45) is 5.92 Å². The van der Waals surface area contributed by atoms with Gasteiger partial charge >= 0.3 is 0 Å². The molecule has 68 valence electrons. The molecule has 14 heavy (non-hydrogen) atoms. The Labute approximate surface area is 82.8 Å². The summed E-state index contributed by atoms with van der Waals surface area (Å²) < 4.78 is 0. The minimum atomic E-state index is 0.292. The highest BCUT2D eigenvalue weighted by atomic mass is 16.3. The predicted octanol–water partition coefficient (Wildman–Crippen LogP) is 2.98. The summed E-state index contributed by atoms with van der Waals surface area (Å²) in [6.07, 6.45) is 16.3. The van der Waals surface area contributed by atoms with E-state index in [1.807, 2.05) is 36.5 Å². The first kappa shape index (κ1) is 7.63. The minimum Gasteiger partial charge on any atom is -0.507 e. The molecule has 0 heterocycles. The molecule has 1 nitrogen and oxygen atoms in total. The Morgan fingerprint density at radius 1 is 0.929 bits per heavy atom. The van der Waals surface area contributed by atoms with Crippen LogP contribution >= 0.6 is 0 Å². The topological polar surface area (TPSA) is 20.2 Å². The van der Waals surface area contributed by atoms with Crippen LogP contribution < -0.4 is 0 Å². The Hall–Kier alpha value is -1.76. The van der Waals surface area contributed by atoms with Crippen molar-refractivity contribution in [2.75, 3.05) is 0 Å². The molecule has 0 saturated heterocycles. The van der Waals surface area contributed by atoms with E-state index in [1.165, 1.54) is 0 Å². The molecule has 0 fully saturated rings. The highest BCUT2D eigenvalue weighted by molar-refractivity contribution is 5.72. The maximum atomic E-state index is 9.69. The van der Waals surface area contributed by atoms with Crippen molar-refractivity contribution in [3.8, 4) is 0 Å². The van der Waals surface area contributed by atoms with Crippen molar-refractivity contribution >= 4 is 0 Å². The maximum absolute atomic E-state index is 9.69. The Kier molecular flexibility index (Phi) is 1.42. The molecule has 0 aromatic carbocycles. The number of hydrogen-bond acceptors (Lipinski definition) is 1. The molecule has 0 bridgehead atoms. The fourth-order valence-corrected chi connectivity index (χ4v) is 1.97. The van der Waals surface area contributed by atoms with Crippen molar-refractivity contribution in [3.63, 3.8) is 0 Å². The van der Waals surface area contributed by atoms with E-state index in [0.29, 0.717) is 11.7 Å². The molecule has 0 atom stereocenters. The maximum Gasteiger partial charge on any atom is 0.128 e. The molecule has 0 radical (unpaired) electrons. The molecule has 0 aromatic rings. The number of allylic oxidation sites excluding steroid dienone is 11. The Morgan fingerprint density at radius 2 is 1.57 bits per heavy atom. The molecule has 3 aliphatic rings. The van der Waals surface area contributed by atoms with Crippen LogP contribution in [0.25, 0.3) is 0 Å². The third-order valence-electron chi connectivity index (χ3n) is 2.73. The first-order chi connectivity index (χ1) is 6.88. The number of rotatable bonds is 1. The summed E-state index contributed by atoms with van der Waals surface area (Å²) in [5.74, 6) is 0.775. The first-order valence-corrected chi connectivity index (χ1v) is 4.76. The average molecular weight is 182 g/mol. The van der Waals surface area contributed by atoms with Crippen LogP contribution in [0.4, 0.5) is 0 Å². The summed E-state index contributed by atoms with van der Waals surface area (Å²) in [5.41, 5.74) is 3.25. The number of hydrogen-bond donors (Lipinski definition) is 1. The fraction of sp³-hybridized carbons (Fsp3) is 0.0769. The standard InChI is InChI=1S/C13H10O/c14-13-11(9-5-1-2-6-9)12(13)10-7-3-4-8-10/h1-9,14H. The molecule has 1 N–H and O–H groups in total. The lowest BCUT2D eigenvalue weighted by Crippen LogP contribution is -1.85. The zero-order valence-corrected chi connectivity index (χ0v) is 7.64. The molecule has 0 aromatic heterocycles. The van der Waals surface area contributed by atoms with Crippen LogP contribution in [0.1, 0.15) is 0 Å². The average Bonchev–Trinajstić information content (AvgIpc) is 2.76. The quantitative estimate of drug-likeness (QED) is 0.661. The van der Waals surface area contributed by atoms with Gasteiger partial charge in [-0.2, -0.15) is 0 Å². The van der Waals surface area contributed by atoms with Crippen molar-refractivity contribution in [2.45, 2.75) is 0 Å². The molecule has 0 saturated carbocycles. The van der Waals surface area contributed by atoms with Gasteiger partial charge in [0.05, 0.1) is 0 Å². The van der Waals surface area contributed by atoms with Crippen molar-refractivity contribution < 1.29 is 5.11 Å². The molecule has 0 aliphatic heterocycles. The summed E-state index contributed by atoms with van der Waals surface area (Å²) in [6.45, 7) is 0. The lowest BCUT2D eigenvalue weighted by Gasteiger charge is -1.96. The van der Waals surface area contributed by atoms with Gasteiger partial charge in [-0.3, -0.25) is 0 Å². The predicted molar refractivity (Wildman–Crippen MR) is 56.7 cm³/mol. The van der Waals surface area contributed by atoms with E-state index in [4.69, 9.17) is 0 Å². The molecule has 0 amide bonds. The van der Waals surface area contributed by atoms with Gasteiger partial charge in [0.1, 0.15) is 5.76 Å². The highest BCUT2D eigenvalue weighted by Crippen LogP contribution is 2.46. The molecule has 1 heteroatoms. The summed E-state index contributed by atoms with van der Waals surface area (Å²) in [7, 11) is 0. The Bertz CT molecular complexity index is 441. The zero-order valence-electron chi connectivity index (χ0n) is 7.64. The normalized spacial score (nSPS) is 23.4. The van der Waals surface area contributed by atoms with Gasteiger partial charge in [0.25, 0.3) is 0 Å². The van der Waals surface area contributed by atoms with Crippen molar-refractivity contribution in [3.05, 3.63) is 71.1 Å². The van der Waals surface area contributed by atoms with Crippen LogP contribution in [0, 0.1) is 5.92 Å². The third kappa shape index (κ3) is 0.956. The van der Waals surface area contributed by atoms with Gasteiger partial charge in [0.15, 0.2) is 0 Å².